The lowest BCUT2D eigenvalue weighted by atomic mass is 10.1. The Balaban J connectivity index is 0.00000408. The number of para-hydroxylation sites is 2. The number of benzene rings is 2. The molecule has 10 heteroatoms. The average Bonchev–Trinajstić information content (AvgIpc) is 3.13. The molecule has 0 saturated heterocycles. The molecule has 3 aromatic rings. The van der Waals surface area contributed by atoms with Crippen LogP contribution in [0.5, 0.6) is 0 Å². The molecule has 2 aromatic carbocycles. The van der Waals surface area contributed by atoms with Gasteiger partial charge in [0.15, 0.2) is 5.96 Å². The number of carbonyl (C=O) groups is 2. The summed E-state index contributed by atoms with van der Waals surface area (Å²) >= 11 is 0. The second-order valence-corrected chi connectivity index (χ2v) is 7.62. The van der Waals surface area contributed by atoms with Gasteiger partial charge in [-0.15, -0.1) is 24.0 Å². The highest BCUT2D eigenvalue weighted by Crippen LogP contribution is 2.15. The number of nitrogens with two attached hydrogens (primary N) is 1. The van der Waals surface area contributed by atoms with Crippen molar-refractivity contribution in [2.45, 2.75) is 33.4 Å². The van der Waals surface area contributed by atoms with E-state index < -0.39 is 5.91 Å². The Morgan fingerprint density at radius 2 is 1.79 bits per heavy atom. The number of amides is 2. The molecule has 182 valence electrons. The van der Waals surface area contributed by atoms with Gasteiger partial charge in [-0.2, -0.15) is 0 Å². The van der Waals surface area contributed by atoms with Crippen LogP contribution >= 0.6 is 24.0 Å². The quantitative estimate of drug-likeness (QED) is 0.127. The Morgan fingerprint density at radius 3 is 2.50 bits per heavy atom. The first-order chi connectivity index (χ1) is 16.0. The van der Waals surface area contributed by atoms with Gasteiger partial charge in [0.1, 0.15) is 5.82 Å². The maximum absolute atomic E-state index is 12.0. The van der Waals surface area contributed by atoms with E-state index in [0.29, 0.717) is 12.1 Å². The molecule has 34 heavy (non-hydrogen) atoms. The third-order valence-electron chi connectivity index (χ3n) is 5.10. The minimum absolute atomic E-state index is 0. The number of aromatic nitrogens is 2. The fourth-order valence-corrected chi connectivity index (χ4v) is 3.47. The summed E-state index contributed by atoms with van der Waals surface area (Å²) in [6.45, 7) is 6.76. The molecule has 9 nitrogen and oxygen atoms in total. The van der Waals surface area contributed by atoms with E-state index in [0.717, 1.165) is 54.4 Å². The number of rotatable bonds is 10. The van der Waals surface area contributed by atoms with Crippen LogP contribution in [0, 0.1) is 6.92 Å². The van der Waals surface area contributed by atoms with Gasteiger partial charge in [-0.05, 0) is 50.1 Å². The number of guanidine groups is 1. The largest absolute Gasteiger partial charge is 0.368 e. The molecule has 0 bridgehead atoms. The number of nitrogens with zero attached hydrogens (tertiary/aromatic N) is 3. The van der Waals surface area contributed by atoms with Crippen molar-refractivity contribution < 1.29 is 9.59 Å². The summed E-state index contributed by atoms with van der Waals surface area (Å²) in [6, 6.07) is 15.3. The molecule has 0 fully saturated rings. The van der Waals surface area contributed by atoms with E-state index in [9.17, 15) is 9.59 Å². The second kappa shape index (κ2) is 13.5. The molecule has 2 amide bonds. The van der Waals surface area contributed by atoms with Gasteiger partial charge >= 0.3 is 0 Å². The number of hydrogen-bond acceptors (Lipinski definition) is 4. The van der Waals surface area contributed by atoms with Crippen LogP contribution in [0.1, 0.15) is 35.1 Å². The number of hydrogen-bond donors (Lipinski definition) is 4. The van der Waals surface area contributed by atoms with Crippen LogP contribution in [-0.2, 0) is 17.9 Å². The summed E-state index contributed by atoms with van der Waals surface area (Å²) in [5.41, 5.74) is 8.67. The molecule has 0 aliphatic carbocycles. The summed E-state index contributed by atoms with van der Waals surface area (Å²) in [6.07, 6.45) is 0.931. The molecular formula is C24H32IN7O2. The summed E-state index contributed by atoms with van der Waals surface area (Å²) < 4.78 is 2.24. The normalized spacial score (nSPS) is 11.1. The van der Waals surface area contributed by atoms with Gasteiger partial charge in [-0.25, -0.2) is 9.98 Å². The lowest BCUT2D eigenvalue weighted by Crippen LogP contribution is -2.38. The van der Waals surface area contributed by atoms with Gasteiger partial charge in [0, 0.05) is 25.2 Å². The van der Waals surface area contributed by atoms with E-state index in [-0.39, 0.29) is 36.4 Å². The Labute approximate surface area is 216 Å². The summed E-state index contributed by atoms with van der Waals surface area (Å²) in [7, 11) is 0. The topological polar surface area (TPSA) is 126 Å². The number of nitrogens with one attached hydrogen (secondary N) is 3. The Morgan fingerprint density at radius 1 is 1.06 bits per heavy atom. The smallest absolute Gasteiger partial charge is 0.251 e. The Hall–Kier alpha value is -3.15. The van der Waals surface area contributed by atoms with Crippen molar-refractivity contribution in [1.29, 1.82) is 0 Å². The van der Waals surface area contributed by atoms with Gasteiger partial charge in [0.25, 0.3) is 5.91 Å². The lowest BCUT2D eigenvalue weighted by Gasteiger charge is -2.12. The van der Waals surface area contributed by atoms with Crippen molar-refractivity contribution in [2.24, 2.45) is 10.7 Å². The van der Waals surface area contributed by atoms with Crippen molar-refractivity contribution in [3.05, 3.63) is 65.5 Å². The predicted octanol–water partition coefficient (Wildman–Crippen LogP) is 2.32. The van der Waals surface area contributed by atoms with E-state index >= 15 is 0 Å². The molecule has 0 saturated carbocycles. The van der Waals surface area contributed by atoms with E-state index in [4.69, 9.17) is 5.73 Å². The zero-order valence-electron chi connectivity index (χ0n) is 19.5. The maximum Gasteiger partial charge on any atom is 0.251 e. The highest BCUT2D eigenvalue weighted by Gasteiger charge is 2.07. The number of aliphatic imine (C=N–C) groups is 1. The molecule has 1 aromatic heterocycles. The SMILES string of the molecule is CCNC(=NCc1ccc(C(=O)NCC(N)=O)cc1)NCCCn1c(C)nc2ccccc21.I. The highest BCUT2D eigenvalue weighted by atomic mass is 127. The van der Waals surface area contributed by atoms with Crippen LogP contribution in [0.15, 0.2) is 53.5 Å². The van der Waals surface area contributed by atoms with Crippen LogP contribution in [0.25, 0.3) is 11.0 Å². The van der Waals surface area contributed by atoms with Crippen molar-refractivity contribution in [2.75, 3.05) is 19.6 Å². The minimum Gasteiger partial charge on any atom is -0.368 e. The van der Waals surface area contributed by atoms with Crippen molar-refractivity contribution in [3.63, 3.8) is 0 Å². The molecule has 0 unspecified atom stereocenters. The summed E-state index contributed by atoms with van der Waals surface area (Å²) in [5, 5.41) is 9.10. The number of fused-ring (bicyclic) bond motifs is 1. The van der Waals surface area contributed by atoms with Crippen molar-refractivity contribution in [3.8, 4) is 0 Å². The van der Waals surface area contributed by atoms with Gasteiger partial charge in [0.05, 0.1) is 24.1 Å². The molecule has 0 spiro atoms. The fourth-order valence-electron chi connectivity index (χ4n) is 3.47. The number of carbonyl (C=O) groups excluding carboxylic acids is 2. The molecule has 0 atom stereocenters. The molecule has 3 rings (SSSR count). The van der Waals surface area contributed by atoms with E-state index in [1.807, 2.05) is 44.2 Å². The fraction of sp³-hybridized carbons (Fsp3) is 0.333. The van der Waals surface area contributed by atoms with Gasteiger partial charge in [-0.1, -0.05) is 24.3 Å². The van der Waals surface area contributed by atoms with Crippen molar-refractivity contribution >= 4 is 52.8 Å². The molecule has 1 heterocycles. The molecule has 0 aliphatic heterocycles. The van der Waals surface area contributed by atoms with Gasteiger partial charge in [0.2, 0.25) is 5.91 Å². The monoisotopic (exact) mass is 577 g/mol. The van der Waals surface area contributed by atoms with Crippen LogP contribution in [-0.4, -0.2) is 47.0 Å². The van der Waals surface area contributed by atoms with E-state index in [2.05, 4.69) is 36.6 Å². The molecule has 0 radical (unpaired) electrons. The van der Waals surface area contributed by atoms with Crippen molar-refractivity contribution in [1.82, 2.24) is 25.5 Å². The van der Waals surface area contributed by atoms with E-state index in [1.165, 1.54) is 0 Å². The third-order valence-corrected chi connectivity index (χ3v) is 5.10. The third kappa shape index (κ3) is 7.72. The molecule has 0 aliphatic rings. The number of halogens is 1. The number of imidazole rings is 1. The second-order valence-electron chi connectivity index (χ2n) is 7.62. The van der Waals surface area contributed by atoms with Crippen LogP contribution < -0.4 is 21.7 Å². The molecule has 5 N–H and O–H groups in total. The molecular weight excluding hydrogens is 545 g/mol. The zero-order chi connectivity index (χ0) is 23.6. The van der Waals surface area contributed by atoms with Crippen LogP contribution in [0.4, 0.5) is 0 Å². The predicted molar refractivity (Wildman–Crippen MR) is 145 cm³/mol. The first-order valence-electron chi connectivity index (χ1n) is 11.1. The summed E-state index contributed by atoms with van der Waals surface area (Å²) in [5.74, 6) is 0.850. The standard InChI is InChI=1S/C24H31N7O2.HI/c1-3-26-24(27-13-6-14-31-17(2)30-20-7-4-5-8-21(20)31)29-15-18-9-11-19(12-10-18)23(33)28-16-22(25)32;/h4-5,7-12H,3,6,13-16H2,1-2H3,(H2,25,32)(H,28,33)(H2,26,27,29);1H. The van der Waals surface area contributed by atoms with Crippen LogP contribution in [0.2, 0.25) is 0 Å². The maximum atomic E-state index is 12.0. The van der Waals surface area contributed by atoms with Gasteiger partial charge < -0.3 is 26.3 Å². The van der Waals surface area contributed by atoms with E-state index in [1.54, 1.807) is 12.1 Å². The highest BCUT2D eigenvalue weighted by molar-refractivity contribution is 14.0. The average molecular weight is 577 g/mol. The minimum atomic E-state index is -0.578. The Bertz CT molecular complexity index is 1130. The first-order valence-corrected chi connectivity index (χ1v) is 11.1. The number of primary amides is 1. The van der Waals surface area contributed by atoms with Gasteiger partial charge in [-0.3, -0.25) is 9.59 Å². The van der Waals surface area contributed by atoms with Crippen LogP contribution in [0.3, 0.4) is 0 Å². The Kier molecular flexibility index (Phi) is 10.8. The summed E-state index contributed by atoms with van der Waals surface area (Å²) in [4.78, 5) is 32.0. The zero-order valence-corrected chi connectivity index (χ0v) is 21.8. The number of aryl methyl sites for hydroxylation is 2. The first kappa shape index (κ1) is 27.1. The lowest BCUT2D eigenvalue weighted by molar-refractivity contribution is -0.117.